The van der Waals surface area contributed by atoms with Gasteiger partial charge in [0.25, 0.3) is 0 Å². The fourth-order valence-electron chi connectivity index (χ4n) is 3.17. The summed E-state index contributed by atoms with van der Waals surface area (Å²) in [6.45, 7) is 0.201. The number of hydrogen-bond acceptors (Lipinski definition) is 8. The molecule has 1 amide bonds. The minimum Gasteiger partial charge on any atom is -0.478 e. The molecule has 0 fully saturated rings. The summed E-state index contributed by atoms with van der Waals surface area (Å²) in [7, 11) is 0. The summed E-state index contributed by atoms with van der Waals surface area (Å²) in [4.78, 5) is 36.6. The van der Waals surface area contributed by atoms with Crippen LogP contribution in [-0.4, -0.2) is 34.8 Å². The molecule has 0 spiro atoms. The van der Waals surface area contributed by atoms with Crippen LogP contribution in [0.2, 0.25) is 0 Å². The van der Waals surface area contributed by atoms with E-state index in [-0.39, 0.29) is 41.3 Å². The van der Waals surface area contributed by atoms with Crippen molar-refractivity contribution in [1.82, 2.24) is 16.2 Å². The molecule has 0 bridgehead atoms. The molecule has 0 aromatic heterocycles. The topological polar surface area (TPSA) is 209 Å². The second-order valence-electron chi connectivity index (χ2n) is 7.18. The fraction of sp³-hybridized carbons (Fsp3) is 0.143. The van der Waals surface area contributed by atoms with Crippen LogP contribution in [0.1, 0.15) is 33.5 Å². The van der Waals surface area contributed by atoms with Crippen LogP contribution in [0.15, 0.2) is 48.0 Å². The van der Waals surface area contributed by atoms with Gasteiger partial charge in [-0.3, -0.25) is 15.0 Å². The number of carboxylic acid groups (broad SMARTS) is 1. The van der Waals surface area contributed by atoms with E-state index >= 15 is 0 Å². The zero-order chi connectivity index (χ0) is 23.4. The zero-order valence-corrected chi connectivity index (χ0v) is 16.9. The van der Waals surface area contributed by atoms with Gasteiger partial charge < -0.3 is 33.1 Å². The number of carbonyl (C=O) groups excluding carboxylic acids is 2. The molecule has 32 heavy (non-hydrogen) atoms. The molecule has 1 unspecified atom stereocenters. The van der Waals surface area contributed by atoms with Crippen molar-refractivity contribution in [3.05, 3.63) is 70.3 Å². The van der Waals surface area contributed by atoms with Gasteiger partial charge in [-0.15, -0.1) is 0 Å². The monoisotopic (exact) mass is 437 g/mol. The van der Waals surface area contributed by atoms with Gasteiger partial charge in [-0.1, -0.05) is 24.3 Å². The van der Waals surface area contributed by atoms with Crippen LogP contribution < -0.4 is 33.4 Å². The molecule has 11 nitrogen and oxygen atoms in total. The Morgan fingerprint density at radius 2 is 1.81 bits per heavy atom. The van der Waals surface area contributed by atoms with Crippen LogP contribution in [0.25, 0.3) is 5.70 Å². The maximum Gasteiger partial charge on any atom is 0.335 e. The Kier molecular flexibility index (Phi) is 6.52. The molecule has 0 saturated heterocycles. The first kappa shape index (κ1) is 22.5. The number of aromatic carboxylic acids is 1. The molecule has 3 rings (SSSR count). The smallest absolute Gasteiger partial charge is 0.335 e. The number of rotatable bonds is 7. The van der Waals surface area contributed by atoms with Crippen LogP contribution in [0.4, 0.5) is 5.69 Å². The highest BCUT2D eigenvalue weighted by Gasteiger charge is 2.29. The van der Waals surface area contributed by atoms with E-state index in [1.165, 1.54) is 18.2 Å². The van der Waals surface area contributed by atoms with Gasteiger partial charge in [0.2, 0.25) is 5.91 Å². The van der Waals surface area contributed by atoms with Gasteiger partial charge in [0.1, 0.15) is 12.0 Å². The normalized spacial score (nSPS) is 15.8. The Morgan fingerprint density at radius 1 is 1.12 bits per heavy atom. The summed E-state index contributed by atoms with van der Waals surface area (Å²) in [6.07, 6.45) is -1.35. The van der Waals surface area contributed by atoms with E-state index in [4.69, 9.17) is 22.6 Å². The van der Waals surface area contributed by atoms with Crippen molar-refractivity contribution >= 4 is 34.9 Å². The Hall–Kier alpha value is -4.22. The molecule has 11 heteroatoms. The van der Waals surface area contributed by atoms with Gasteiger partial charge in [0.05, 0.1) is 17.7 Å². The second-order valence-corrected chi connectivity index (χ2v) is 7.18. The van der Waals surface area contributed by atoms with E-state index in [0.717, 1.165) is 5.56 Å². The first-order valence-electron chi connectivity index (χ1n) is 9.54. The summed E-state index contributed by atoms with van der Waals surface area (Å²) in [5.74, 6) is -2.17. The molecule has 1 aliphatic heterocycles. The van der Waals surface area contributed by atoms with Gasteiger partial charge in [0.15, 0.2) is 5.78 Å². The molecule has 2 aromatic rings. The van der Waals surface area contributed by atoms with Crippen LogP contribution in [-0.2, 0) is 16.1 Å². The number of nitrogens with two attached hydrogens (primary N) is 3. The maximum atomic E-state index is 12.7. The third-order valence-electron chi connectivity index (χ3n) is 4.82. The van der Waals surface area contributed by atoms with E-state index in [0.29, 0.717) is 11.1 Å². The Balaban J connectivity index is 1.82. The number of hydrazine groups is 1. The highest BCUT2D eigenvalue weighted by atomic mass is 16.4. The predicted molar refractivity (Wildman–Crippen MR) is 118 cm³/mol. The van der Waals surface area contributed by atoms with Gasteiger partial charge >= 0.3 is 5.97 Å². The number of anilines is 1. The number of nitrogen functional groups attached to an aromatic ring is 2. The number of carboxylic acids is 1. The van der Waals surface area contributed by atoms with Crippen LogP contribution in [0.3, 0.4) is 0 Å². The molecule has 166 valence electrons. The average molecular weight is 437 g/mol. The molecule has 0 aliphatic carbocycles. The minimum atomic E-state index is -1.18. The van der Waals surface area contributed by atoms with Crippen LogP contribution >= 0.6 is 0 Å². The highest BCUT2D eigenvalue weighted by Crippen LogP contribution is 2.25. The number of benzene rings is 2. The standard InChI is InChI=1S/C21H23N7O4/c22-14-6-12(5-13(7-14)21(31)32)17-15(18(30)20(25)28-27-17)8-16(29)26-9-10-1-3-11(4-2-10)19(23)24/h1-7,20,27-28H,8-9,22,25H2,(H3,23,24)(H,26,29)(H,31,32). The van der Waals surface area contributed by atoms with Crippen molar-refractivity contribution in [3.8, 4) is 0 Å². The summed E-state index contributed by atoms with van der Waals surface area (Å²) < 4.78 is 0. The van der Waals surface area contributed by atoms with E-state index in [9.17, 15) is 19.5 Å². The van der Waals surface area contributed by atoms with Crippen molar-refractivity contribution in [3.63, 3.8) is 0 Å². The molecule has 0 radical (unpaired) electrons. The maximum absolute atomic E-state index is 12.7. The number of amidine groups is 1. The second kappa shape index (κ2) is 9.29. The van der Waals surface area contributed by atoms with Gasteiger partial charge in [-0.25, -0.2) is 10.2 Å². The van der Waals surface area contributed by atoms with Crippen molar-refractivity contribution < 1.29 is 19.5 Å². The number of hydrogen-bond donors (Lipinski definition) is 8. The molecule has 0 saturated carbocycles. The number of amides is 1. The Labute approximate surface area is 183 Å². The lowest BCUT2D eigenvalue weighted by molar-refractivity contribution is -0.123. The summed E-state index contributed by atoms with van der Waals surface area (Å²) >= 11 is 0. The predicted octanol–water partition coefficient (Wildman–Crippen LogP) is -0.370. The van der Waals surface area contributed by atoms with E-state index in [1.54, 1.807) is 24.3 Å². The summed E-state index contributed by atoms with van der Waals surface area (Å²) in [5, 5.41) is 19.4. The summed E-state index contributed by atoms with van der Waals surface area (Å²) in [5.41, 5.74) is 24.5. The number of carbonyl (C=O) groups is 3. The lowest BCUT2D eigenvalue weighted by Gasteiger charge is -2.27. The third-order valence-corrected chi connectivity index (χ3v) is 4.82. The molecular formula is C21H23N7O4. The number of ketones is 1. The SMILES string of the molecule is N=C(N)c1ccc(CNC(=O)CC2=C(c3cc(N)cc(C(=O)O)c3)NNC(N)C2=O)cc1. The average Bonchev–Trinajstić information content (AvgIpc) is 2.75. The third kappa shape index (κ3) is 5.09. The van der Waals surface area contributed by atoms with E-state index < -0.39 is 23.8 Å². The molecule has 1 aliphatic rings. The van der Waals surface area contributed by atoms with Crippen LogP contribution in [0.5, 0.6) is 0 Å². The quantitative estimate of drug-likeness (QED) is 0.161. The van der Waals surface area contributed by atoms with E-state index in [1.807, 2.05) is 0 Å². The molecule has 2 aromatic carbocycles. The van der Waals surface area contributed by atoms with Crippen molar-refractivity contribution in [2.24, 2.45) is 11.5 Å². The Bertz CT molecular complexity index is 1130. The number of Topliss-reactive ketones (excluding diaryl/α,β-unsaturated/α-hetero) is 1. The lowest BCUT2D eigenvalue weighted by atomic mass is 9.95. The van der Waals surface area contributed by atoms with Crippen LogP contribution in [0, 0.1) is 5.41 Å². The Morgan fingerprint density at radius 3 is 2.44 bits per heavy atom. The fourth-order valence-corrected chi connectivity index (χ4v) is 3.17. The first-order chi connectivity index (χ1) is 15.2. The summed E-state index contributed by atoms with van der Waals surface area (Å²) in [6, 6.07) is 10.9. The minimum absolute atomic E-state index is 0.0547. The van der Waals surface area contributed by atoms with Gasteiger partial charge in [-0.05, 0) is 23.8 Å². The molecule has 1 atom stereocenters. The molecule has 1 heterocycles. The van der Waals surface area contributed by atoms with Gasteiger partial charge in [-0.2, -0.15) is 0 Å². The molecular weight excluding hydrogens is 414 g/mol. The first-order valence-corrected chi connectivity index (χ1v) is 9.54. The lowest BCUT2D eigenvalue weighted by Crippen LogP contribution is -2.55. The van der Waals surface area contributed by atoms with Gasteiger partial charge in [0, 0.05) is 28.9 Å². The van der Waals surface area contributed by atoms with Crippen molar-refractivity contribution in [2.45, 2.75) is 19.1 Å². The largest absolute Gasteiger partial charge is 0.478 e. The van der Waals surface area contributed by atoms with Crippen molar-refractivity contribution in [1.29, 1.82) is 5.41 Å². The number of nitrogens with one attached hydrogen (secondary N) is 4. The van der Waals surface area contributed by atoms with Crippen molar-refractivity contribution in [2.75, 3.05) is 5.73 Å². The molecule has 11 N–H and O–H groups in total. The highest BCUT2D eigenvalue weighted by molar-refractivity contribution is 6.09. The zero-order valence-electron chi connectivity index (χ0n) is 16.9. The van der Waals surface area contributed by atoms with E-state index in [2.05, 4.69) is 16.2 Å².